The molecule has 0 aromatic heterocycles. The summed E-state index contributed by atoms with van der Waals surface area (Å²) in [5.74, 6) is 1.43. The van der Waals surface area contributed by atoms with Crippen LogP contribution in [0.4, 0.5) is 0 Å². The Balaban J connectivity index is 2.41. The zero-order chi connectivity index (χ0) is 11.8. The third-order valence-electron chi connectivity index (χ3n) is 2.79. The molecule has 2 unspecified atom stereocenters. The first-order valence-corrected chi connectivity index (χ1v) is 7.15. The van der Waals surface area contributed by atoms with Crippen molar-refractivity contribution in [1.82, 2.24) is 0 Å². The Hall–Kier alpha value is -0.250. The zero-order valence-corrected chi connectivity index (χ0v) is 10.9. The van der Waals surface area contributed by atoms with Crippen LogP contribution < -0.4 is 5.73 Å². The molecule has 1 rings (SSSR count). The van der Waals surface area contributed by atoms with E-state index in [-0.39, 0.29) is 12.0 Å². The molecule has 0 radical (unpaired) electrons. The van der Waals surface area contributed by atoms with Crippen LogP contribution in [0, 0.1) is 5.92 Å². The van der Waals surface area contributed by atoms with Crippen LogP contribution in [-0.4, -0.2) is 23.5 Å². The van der Waals surface area contributed by atoms with Gasteiger partial charge in [0.2, 0.25) is 0 Å². The molecule has 2 atom stereocenters. The monoisotopic (exact) mass is 241 g/mol. The first-order chi connectivity index (χ1) is 7.77. The molecule has 0 amide bonds. The van der Waals surface area contributed by atoms with Gasteiger partial charge < -0.3 is 10.8 Å². The number of nitrogens with two attached hydrogens (primary N) is 1. The van der Waals surface area contributed by atoms with Gasteiger partial charge in [-0.2, -0.15) is 0 Å². The summed E-state index contributed by atoms with van der Waals surface area (Å²) >= 11 is 1.89. The van der Waals surface area contributed by atoms with Gasteiger partial charge in [-0.25, -0.2) is 0 Å². The van der Waals surface area contributed by atoms with Crippen LogP contribution in [0.25, 0.3) is 0 Å². The highest BCUT2D eigenvalue weighted by Gasteiger charge is 2.17. The molecule has 16 heavy (non-hydrogen) atoms. The van der Waals surface area contributed by atoms with E-state index in [1.807, 2.05) is 11.8 Å². The third kappa shape index (κ3) is 4.73. The number of allylic oxidation sites excluding steroid dienone is 2. The molecular weight excluding hydrogens is 218 g/mol. The van der Waals surface area contributed by atoms with Crippen molar-refractivity contribution in [2.24, 2.45) is 11.7 Å². The number of aliphatic hydroxyl groups excluding tert-OH is 1. The quantitative estimate of drug-likeness (QED) is 0.674. The summed E-state index contributed by atoms with van der Waals surface area (Å²) in [6.07, 6.45) is 10.4. The maximum absolute atomic E-state index is 9.90. The van der Waals surface area contributed by atoms with E-state index in [0.717, 1.165) is 6.42 Å². The second kappa shape index (κ2) is 7.93. The second-order valence-corrected chi connectivity index (χ2v) is 5.39. The van der Waals surface area contributed by atoms with Crippen LogP contribution in [0.5, 0.6) is 0 Å². The number of thioether (sulfide) groups is 1. The lowest BCUT2D eigenvalue weighted by atomic mass is 9.93. The Bertz CT molecular complexity index is 250. The summed E-state index contributed by atoms with van der Waals surface area (Å²) in [5.41, 5.74) is 5.47. The molecule has 3 N–H and O–H groups in total. The Kier molecular flexibility index (Phi) is 6.85. The fourth-order valence-corrected chi connectivity index (χ4v) is 2.89. The lowest BCUT2D eigenvalue weighted by Crippen LogP contribution is -2.22. The maximum Gasteiger partial charge on any atom is 0.0618 e. The predicted octanol–water partition coefficient (Wildman–Crippen LogP) is 2.69. The van der Waals surface area contributed by atoms with Crippen LogP contribution in [0.2, 0.25) is 0 Å². The van der Waals surface area contributed by atoms with Crippen molar-refractivity contribution in [2.75, 3.05) is 12.3 Å². The normalized spacial score (nSPS) is 21.9. The largest absolute Gasteiger partial charge is 0.392 e. The van der Waals surface area contributed by atoms with E-state index in [0.29, 0.717) is 13.0 Å². The average Bonchev–Trinajstić information content (AvgIpc) is 2.30. The van der Waals surface area contributed by atoms with Gasteiger partial charge in [0.25, 0.3) is 0 Å². The molecule has 1 aliphatic rings. The van der Waals surface area contributed by atoms with Crippen LogP contribution >= 0.6 is 11.8 Å². The van der Waals surface area contributed by atoms with E-state index in [9.17, 15) is 5.11 Å². The first-order valence-electron chi connectivity index (χ1n) is 6.17. The highest BCUT2D eigenvalue weighted by molar-refractivity contribution is 8.03. The highest BCUT2D eigenvalue weighted by Crippen LogP contribution is 2.28. The van der Waals surface area contributed by atoms with Gasteiger partial charge in [-0.3, -0.25) is 0 Å². The summed E-state index contributed by atoms with van der Waals surface area (Å²) in [6.45, 7) is 2.77. The van der Waals surface area contributed by atoms with Gasteiger partial charge >= 0.3 is 0 Å². The SMILES string of the molecule is CCCCSC1=CC(C(O)CCN)CC=C1. The van der Waals surface area contributed by atoms with Crippen molar-refractivity contribution >= 4 is 11.8 Å². The average molecular weight is 241 g/mol. The summed E-state index contributed by atoms with van der Waals surface area (Å²) in [5, 5.41) is 9.90. The Morgan fingerprint density at radius 2 is 2.44 bits per heavy atom. The number of aliphatic hydroxyl groups is 1. The second-order valence-electron chi connectivity index (χ2n) is 4.22. The number of unbranched alkanes of at least 4 members (excludes halogenated alkanes) is 1. The minimum absolute atomic E-state index is 0.262. The molecule has 0 spiro atoms. The molecule has 0 aliphatic heterocycles. The van der Waals surface area contributed by atoms with E-state index in [4.69, 9.17) is 5.73 Å². The van der Waals surface area contributed by atoms with E-state index < -0.39 is 0 Å². The van der Waals surface area contributed by atoms with E-state index in [2.05, 4.69) is 25.2 Å². The van der Waals surface area contributed by atoms with Crippen molar-refractivity contribution in [3.8, 4) is 0 Å². The Morgan fingerprint density at radius 3 is 3.12 bits per heavy atom. The van der Waals surface area contributed by atoms with Gasteiger partial charge in [0.05, 0.1) is 6.10 Å². The van der Waals surface area contributed by atoms with Gasteiger partial charge in [-0.05, 0) is 31.6 Å². The predicted molar refractivity (Wildman–Crippen MR) is 72.4 cm³/mol. The first kappa shape index (κ1) is 13.8. The van der Waals surface area contributed by atoms with Crippen molar-refractivity contribution in [2.45, 2.75) is 38.7 Å². The molecule has 0 aromatic carbocycles. The molecule has 3 heteroatoms. The summed E-state index contributed by atoms with van der Waals surface area (Å²) in [7, 11) is 0. The van der Waals surface area contributed by atoms with Crippen LogP contribution in [0.15, 0.2) is 23.1 Å². The Morgan fingerprint density at radius 1 is 1.62 bits per heavy atom. The molecule has 0 saturated heterocycles. The van der Waals surface area contributed by atoms with E-state index in [1.165, 1.54) is 23.5 Å². The van der Waals surface area contributed by atoms with Crippen molar-refractivity contribution in [3.63, 3.8) is 0 Å². The standard InChI is InChI=1S/C13H23NOS/c1-2-3-9-16-12-6-4-5-11(10-12)13(15)7-8-14/h4,6,10-11,13,15H,2-3,5,7-9,14H2,1H3. The highest BCUT2D eigenvalue weighted by atomic mass is 32.2. The number of hydrogen-bond donors (Lipinski definition) is 2. The molecule has 1 aliphatic carbocycles. The van der Waals surface area contributed by atoms with Gasteiger partial charge in [-0.15, -0.1) is 11.8 Å². The molecule has 0 saturated carbocycles. The fourth-order valence-electron chi connectivity index (χ4n) is 1.76. The van der Waals surface area contributed by atoms with Gasteiger partial charge in [0, 0.05) is 10.8 Å². The molecule has 0 heterocycles. The maximum atomic E-state index is 9.90. The van der Waals surface area contributed by atoms with Gasteiger partial charge in [-0.1, -0.05) is 31.6 Å². The van der Waals surface area contributed by atoms with Crippen molar-refractivity contribution < 1.29 is 5.11 Å². The molecule has 0 bridgehead atoms. The molecule has 2 nitrogen and oxygen atoms in total. The van der Waals surface area contributed by atoms with Crippen LogP contribution in [0.3, 0.4) is 0 Å². The topological polar surface area (TPSA) is 46.2 Å². The number of hydrogen-bond acceptors (Lipinski definition) is 3. The molecular formula is C13H23NOS. The lowest BCUT2D eigenvalue weighted by Gasteiger charge is -2.21. The van der Waals surface area contributed by atoms with Crippen LogP contribution in [-0.2, 0) is 0 Å². The third-order valence-corrected chi connectivity index (χ3v) is 3.89. The van der Waals surface area contributed by atoms with Gasteiger partial charge in [0.1, 0.15) is 0 Å². The fraction of sp³-hybridized carbons (Fsp3) is 0.692. The summed E-state index contributed by atoms with van der Waals surface area (Å²) in [6, 6.07) is 0. The van der Waals surface area contributed by atoms with Crippen molar-refractivity contribution in [1.29, 1.82) is 0 Å². The molecule has 0 fully saturated rings. The van der Waals surface area contributed by atoms with Crippen molar-refractivity contribution in [3.05, 3.63) is 23.1 Å². The van der Waals surface area contributed by atoms with E-state index in [1.54, 1.807) is 0 Å². The molecule has 92 valence electrons. The smallest absolute Gasteiger partial charge is 0.0618 e. The summed E-state index contributed by atoms with van der Waals surface area (Å²) < 4.78 is 0. The Labute approximate surface area is 103 Å². The lowest BCUT2D eigenvalue weighted by molar-refractivity contribution is 0.123. The van der Waals surface area contributed by atoms with Gasteiger partial charge in [0.15, 0.2) is 0 Å². The van der Waals surface area contributed by atoms with Crippen LogP contribution in [0.1, 0.15) is 32.6 Å². The summed E-state index contributed by atoms with van der Waals surface area (Å²) in [4.78, 5) is 1.31. The van der Waals surface area contributed by atoms with E-state index >= 15 is 0 Å². The number of rotatable bonds is 7. The zero-order valence-electron chi connectivity index (χ0n) is 10.1. The minimum atomic E-state index is -0.281. The molecule has 0 aromatic rings. The minimum Gasteiger partial charge on any atom is -0.392 e.